The number of hydrogen-bond acceptors (Lipinski definition) is 3. The summed E-state index contributed by atoms with van der Waals surface area (Å²) >= 11 is 2.23. The van der Waals surface area contributed by atoms with E-state index in [-0.39, 0.29) is 11.6 Å². The Bertz CT molecular complexity index is 666. The van der Waals surface area contributed by atoms with Crippen molar-refractivity contribution >= 4 is 28.5 Å². The van der Waals surface area contributed by atoms with Crippen molar-refractivity contribution in [2.24, 2.45) is 5.73 Å². The zero-order chi connectivity index (χ0) is 13.6. The molecule has 3 rings (SSSR count). The quantitative estimate of drug-likeness (QED) is 0.783. The molecule has 1 amide bonds. The van der Waals surface area contributed by atoms with Crippen molar-refractivity contribution in [3.05, 3.63) is 39.2 Å². The maximum Gasteiger partial charge on any atom is 0.269 e. The van der Waals surface area contributed by atoms with Crippen LogP contribution in [0.25, 0.3) is 5.69 Å². The van der Waals surface area contributed by atoms with Crippen LogP contribution in [-0.2, 0) is 0 Å². The van der Waals surface area contributed by atoms with E-state index < -0.39 is 5.91 Å². The zero-order valence-corrected chi connectivity index (χ0v) is 12.4. The van der Waals surface area contributed by atoms with Crippen molar-refractivity contribution in [1.29, 1.82) is 0 Å². The van der Waals surface area contributed by atoms with Gasteiger partial charge in [0.15, 0.2) is 5.69 Å². The normalized spacial score (nSPS) is 17.1. The number of halogens is 1. The predicted molar refractivity (Wildman–Crippen MR) is 78.7 cm³/mol. The predicted octanol–water partition coefficient (Wildman–Crippen LogP) is 2.07. The number of hydrogen-bond donors (Lipinski definition) is 1. The summed E-state index contributed by atoms with van der Waals surface area (Å²) in [4.78, 5) is 11.3. The van der Waals surface area contributed by atoms with Gasteiger partial charge in [-0.1, -0.05) is 6.92 Å². The first-order valence-corrected chi connectivity index (χ1v) is 6.96. The van der Waals surface area contributed by atoms with E-state index in [0.29, 0.717) is 6.61 Å². The Morgan fingerprint density at radius 1 is 1.53 bits per heavy atom. The second kappa shape index (κ2) is 4.52. The van der Waals surface area contributed by atoms with Crippen molar-refractivity contribution in [2.75, 3.05) is 6.61 Å². The molecule has 1 atom stereocenters. The van der Waals surface area contributed by atoms with E-state index in [1.165, 1.54) is 0 Å². The molecular weight excluding hydrogens is 357 g/mol. The smallest absolute Gasteiger partial charge is 0.269 e. The van der Waals surface area contributed by atoms with Gasteiger partial charge in [-0.25, -0.2) is 4.68 Å². The first kappa shape index (κ1) is 12.5. The number of primary amides is 1. The fourth-order valence-electron chi connectivity index (χ4n) is 2.14. The van der Waals surface area contributed by atoms with Gasteiger partial charge in [0.1, 0.15) is 11.4 Å². The molecule has 98 valence electrons. The van der Waals surface area contributed by atoms with E-state index in [1.54, 1.807) is 10.7 Å². The highest BCUT2D eigenvalue weighted by Crippen LogP contribution is 2.32. The maximum atomic E-state index is 11.3. The lowest BCUT2D eigenvalue weighted by Crippen LogP contribution is -2.12. The second-order valence-electron chi connectivity index (χ2n) is 4.55. The Hall–Kier alpha value is -1.57. The molecule has 0 fully saturated rings. The number of aromatic nitrogens is 2. The molecule has 1 aromatic heterocycles. The average molecular weight is 369 g/mol. The number of carbonyl (C=O) groups excluding carboxylic acids is 1. The van der Waals surface area contributed by atoms with Crippen LogP contribution in [0.4, 0.5) is 0 Å². The summed E-state index contributed by atoms with van der Waals surface area (Å²) in [7, 11) is 0. The number of nitrogens with zero attached hydrogens (tertiary/aromatic N) is 2. The van der Waals surface area contributed by atoms with E-state index in [9.17, 15) is 4.79 Å². The minimum Gasteiger partial charge on any atom is -0.491 e. The van der Waals surface area contributed by atoms with Gasteiger partial charge in [0, 0.05) is 9.49 Å². The molecule has 2 aromatic rings. The standard InChI is InChI=1S/C13H12IN3O2/c1-7-6-19-12-3-2-8(14)4-11(12)17-10(7)5-9(16-17)13(15)18/h2-5,7H,6H2,1H3,(H2,15,18). The molecule has 2 heterocycles. The fraction of sp³-hybridized carbons (Fsp3) is 0.231. The summed E-state index contributed by atoms with van der Waals surface area (Å²) in [6.07, 6.45) is 0. The van der Waals surface area contributed by atoms with Crippen LogP contribution in [0.2, 0.25) is 0 Å². The highest BCUT2D eigenvalue weighted by Gasteiger charge is 2.24. The Balaban J connectivity index is 2.25. The third kappa shape index (κ3) is 2.09. The Morgan fingerprint density at radius 3 is 3.05 bits per heavy atom. The molecule has 1 aliphatic rings. The molecule has 0 saturated carbocycles. The van der Waals surface area contributed by atoms with Crippen molar-refractivity contribution in [3.8, 4) is 11.4 Å². The molecule has 5 nitrogen and oxygen atoms in total. The van der Waals surface area contributed by atoms with Crippen LogP contribution in [0, 0.1) is 3.57 Å². The van der Waals surface area contributed by atoms with Crippen LogP contribution < -0.4 is 10.5 Å². The van der Waals surface area contributed by atoms with Gasteiger partial charge < -0.3 is 10.5 Å². The molecule has 6 heteroatoms. The van der Waals surface area contributed by atoms with E-state index in [1.807, 2.05) is 25.1 Å². The van der Waals surface area contributed by atoms with Crippen LogP contribution in [0.5, 0.6) is 5.75 Å². The van der Waals surface area contributed by atoms with Crippen LogP contribution in [0.3, 0.4) is 0 Å². The number of benzene rings is 1. The van der Waals surface area contributed by atoms with Gasteiger partial charge in [-0.3, -0.25) is 4.79 Å². The molecular formula is C13H12IN3O2. The molecule has 1 aliphatic heterocycles. The van der Waals surface area contributed by atoms with Crippen LogP contribution in [0.1, 0.15) is 29.0 Å². The highest BCUT2D eigenvalue weighted by atomic mass is 127. The molecule has 0 saturated heterocycles. The van der Waals surface area contributed by atoms with Crippen molar-refractivity contribution in [3.63, 3.8) is 0 Å². The lowest BCUT2D eigenvalue weighted by atomic mass is 10.1. The minimum atomic E-state index is -0.513. The van der Waals surface area contributed by atoms with Crippen LogP contribution in [0.15, 0.2) is 24.3 Å². The SMILES string of the molecule is CC1COc2ccc(I)cc2-n2nc(C(N)=O)cc21. The lowest BCUT2D eigenvalue weighted by Gasteiger charge is -2.08. The van der Waals surface area contributed by atoms with E-state index in [0.717, 1.165) is 20.7 Å². The number of ether oxygens (including phenoxy) is 1. The van der Waals surface area contributed by atoms with Gasteiger partial charge in [0.2, 0.25) is 0 Å². The summed E-state index contributed by atoms with van der Waals surface area (Å²) in [5, 5.41) is 4.30. The Kier molecular flexibility index (Phi) is 2.96. The minimum absolute atomic E-state index is 0.144. The summed E-state index contributed by atoms with van der Waals surface area (Å²) in [6, 6.07) is 7.62. The summed E-state index contributed by atoms with van der Waals surface area (Å²) in [5.74, 6) is 0.400. The van der Waals surface area contributed by atoms with Crippen LogP contribution in [-0.4, -0.2) is 22.3 Å². The van der Waals surface area contributed by atoms with Gasteiger partial charge in [-0.15, -0.1) is 0 Å². The number of amides is 1. The number of rotatable bonds is 1. The lowest BCUT2D eigenvalue weighted by molar-refractivity contribution is 0.0995. The molecule has 0 bridgehead atoms. The van der Waals surface area contributed by atoms with Gasteiger partial charge in [0.05, 0.1) is 12.3 Å². The van der Waals surface area contributed by atoms with Gasteiger partial charge in [-0.05, 0) is 46.9 Å². The van der Waals surface area contributed by atoms with Gasteiger partial charge >= 0.3 is 0 Å². The first-order valence-electron chi connectivity index (χ1n) is 5.89. The fourth-order valence-corrected chi connectivity index (χ4v) is 2.61. The van der Waals surface area contributed by atoms with Crippen molar-refractivity contribution in [2.45, 2.75) is 12.8 Å². The second-order valence-corrected chi connectivity index (χ2v) is 5.80. The zero-order valence-electron chi connectivity index (χ0n) is 10.3. The van der Waals surface area contributed by atoms with E-state index in [2.05, 4.69) is 27.7 Å². The molecule has 1 aromatic carbocycles. The first-order chi connectivity index (χ1) is 9.06. The number of nitrogens with two attached hydrogens (primary N) is 1. The molecule has 0 aliphatic carbocycles. The molecule has 0 radical (unpaired) electrons. The monoisotopic (exact) mass is 369 g/mol. The molecule has 1 unspecified atom stereocenters. The van der Waals surface area contributed by atoms with Crippen LogP contribution >= 0.6 is 22.6 Å². The van der Waals surface area contributed by atoms with Crippen molar-refractivity contribution in [1.82, 2.24) is 9.78 Å². The topological polar surface area (TPSA) is 70.1 Å². The summed E-state index contributed by atoms with van der Waals surface area (Å²) in [5.41, 5.74) is 7.38. The Morgan fingerprint density at radius 2 is 2.32 bits per heavy atom. The van der Waals surface area contributed by atoms with Gasteiger partial charge in [0.25, 0.3) is 5.91 Å². The van der Waals surface area contributed by atoms with Crippen molar-refractivity contribution < 1.29 is 9.53 Å². The maximum absolute atomic E-state index is 11.3. The molecule has 2 N–H and O–H groups in total. The van der Waals surface area contributed by atoms with Gasteiger partial charge in [-0.2, -0.15) is 5.10 Å². The summed E-state index contributed by atoms with van der Waals surface area (Å²) < 4.78 is 8.62. The molecule has 19 heavy (non-hydrogen) atoms. The van der Waals surface area contributed by atoms with E-state index in [4.69, 9.17) is 10.5 Å². The molecule has 0 spiro atoms. The van der Waals surface area contributed by atoms with E-state index >= 15 is 0 Å². The Labute approximate surface area is 123 Å². The summed E-state index contributed by atoms with van der Waals surface area (Å²) in [6.45, 7) is 2.59. The number of fused-ring (bicyclic) bond motifs is 3. The highest BCUT2D eigenvalue weighted by molar-refractivity contribution is 14.1. The third-order valence-electron chi connectivity index (χ3n) is 3.13. The third-order valence-corrected chi connectivity index (χ3v) is 3.80. The average Bonchev–Trinajstić information content (AvgIpc) is 2.77. The number of carbonyl (C=O) groups is 1. The largest absolute Gasteiger partial charge is 0.491 e.